The van der Waals surface area contributed by atoms with Crippen molar-refractivity contribution in [2.75, 3.05) is 18.4 Å². The summed E-state index contributed by atoms with van der Waals surface area (Å²) in [4.78, 5) is 48.3. The molecule has 0 aliphatic carbocycles. The summed E-state index contributed by atoms with van der Waals surface area (Å²) in [5.41, 5.74) is 1.82. The molecule has 3 amide bonds. The van der Waals surface area contributed by atoms with Crippen molar-refractivity contribution in [3.8, 4) is 0 Å². The van der Waals surface area contributed by atoms with Gasteiger partial charge in [-0.1, -0.05) is 18.2 Å². The van der Waals surface area contributed by atoms with Crippen LogP contribution >= 0.6 is 0 Å². The molecule has 1 aromatic rings. The van der Waals surface area contributed by atoms with Crippen molar-refractivity contribution < 1.29 is 24.3 Å². The van der Waals surface area contributed by atoms with Crippen molar-refractivity contribution in [1.29, 1.82) is 0 Å². The molecule has 2 unspecified atom stereocenters. The average molecular weight is 375 g/mol. The Bertz CT molecular complexity index is 734. The quantitative estimate of drug-likeness (QED) is 0.627. The lowest BCUT2D eigenvalue weighted by Gasteiger charge is -2.28. The first kappa shape index (κ1) is 20.4. The number of carbonyl (C=O) groups excluding carboxylic acids is 3. The van der Waals surface area contributed by atoms with E-state index in [1.54, 1.807) is 0 Å². The lowest BCUT2D eigenvalue weighted by Crippen LogP contribution is -2.47. The van der Waals surface area contributed by atoms with Crippen LogP contribution in [0.2, 0.25) is 0 Å². The maximum absolute atomic E-state index is 12.6. The Morgan fingerprint density at radius 1 is 1.33 bits per heavy atom. The molecule has 0 bridgehead atoms. The number of nitrogens with zero attached hydrogens (tertiary/aromatic N) is 1. The summed E-state index contributed by atoms with van der Waals surface area (Å²) in [6.07, 6.45) is 0.954. The molecule has 1 aliphatic rings. The molecular formula is C19H25N3O5. The van der Waals surface area contributed by atoms with Gasteiger partial charge in [0, 0.05) is 38.0 Å². The van der Waals surface area contributed by atoms with Gasteiger partial charge in [0.05, 0.1) is 0 Å². The molecular weight excluding hydrogens is 350 g/mol. The third-order valence-corrected chi connectivity index (χ3v) is 4.69. The number of benzene rings is 1. The van der Waals surface area contributed by atoms with Crippen LogP contribution < -0.4 is 10.6 Å². The number of aliphatic carboxylic acids is 1. The van der Waals surface area contributed by atoms with E-state index >= 15 is 0 Å². The Kier molecular flexibility index (Phi) is 6.92. The Morgan fingerprint density at radius 2 is 2.04 bits per heavy atom. The number of amides is 3. The summed E-state index contributed by atoms with van der Waals surface area (Å²) in [5, 5.41) is 14.6. The van der Waals surface area contributed by atoms with Gasteiger partial charge in [-0.15, -0.1) is 0 Å². The Hall–Kier alpha value is -2.90. The fraction of sp³-hybridized carbons (Fsp3) is 0.474. The molecule has 0 radical (unpaired) electrons. The first-order chi connectivity index (χ1) is 12.8. The first-order valence-corrected chi connectivity index (χ1v) is 8.95. The molecule has 0 saturated carbocycles. The number of anilines is 1. The van der Waals surface area contributed by atoms with Crippen LogP contribution in [-0.4, -0.2) is 52.8 Å². The van der Waals surface area contributed by atoms with Crippen molar-refractivity contribution in [1.82, 2.24) is 10.2 Å². The molecule has 2 atom stereocenters. The van der Waals surface area contributed by atoms with Gasteiger partial charge in [-0.25, -0.2) is 4.79 Å². The fourth-order valence-electron chi connectivity index (χ4n) is 3.11. The number of fused-ring (bicyclic) bond motifs is 1. The zero-order valence-electron chi connectivity index (χ0n) is 15.5. The molecule has 8 nitrogen and oxygen atoms in total. The predicted molar refractivity (Wildman–Crippen MR) is 99.0 cm³/mol. The third kappa shape index (κ3) is 5.54. The van der Waals surface area contributed by atoms with Crippen LogP contribution in [-0.2, 0) is 25.6 Å². The summed E-state index contributed by atoms with van der Waals surface area (Å²) in [7, 11) is 0. The molecule has 0 aromatic heterocycles. The van der Waals surface area contributed by atoms with Crippen molar-refractivity contribution in [3.63, 3.8) is 0 Å². The zero-order chi connectivity index (χ0) is 20.0. The molecule has 8 heteroatoms. The Morgan fingerprint density at radius 3 is 2.70 bits per heavy atom. The molecule has 3 N–H and O–H groups in total. The molecule has 1 aromatic carbocycles. The average Bonchev–Trinajstić information content (AvgIpc) is 2.62. The van der Waals surface area contributed by atoms with Crippen molar-refractivity contribution >= 4 is 29.4 Å². The van der Waals surface area contributed by atoms with Gasteiger partial charge in [0.1, 0.15) is 6.04 Å². The molecule has 0 saturated heterocycles. The highest BCUT2D eigenvalue weighted by molar-refractivity contribution is 5.96. The van der Waals surface area contributed by atoms with Crippen LogP contribution in [0.25, 0.3) is 0 Å². The van der Waals surface area contributed by atoms with Crippen LogP contribution in [0, 0.1) is 5.92 Å². The van der Waals surface area contributed by atoms with E-state index in [2.05, 4.69) is 10.6 Å². The van der Waals surface area contributed by atoms with Gasteiger partial charge in [-0.3, -0.25) is 14.4 Å². The number of para-hydroxylation sites is 1. The van der Waals surface area contributed by atoms with Gasteiger partial charge in [0.2, 0.25) is 17.7 Å². The van der Waals surface area contributed by atoms with E-state index < -0.39 is 12.0 Å². The number of hydrogen-bond acceptors (Lipinski definition) is 4. The minimum Gasteiger partial charge on any atom is -0.480 e. The van der Waals surface area contributed by atoms with Crippen molar-refractivity contribution in [3.05, 3.63) is 29.8 Å². The summed E-state index contributed by atoms with van der Waals surface area (Å²) in [6.45, 7) is 3.06. The first-order valence-electron chi connectivity index (χ1n) is 8.95. The SMILES string of the molecule is CC(=O)NCCN(C(=O)CCC1Cc2ccccc2NC1=O)C(C)C(=O)O. The summed E-state index contributed by atoms with van der Waals surface area (Å²) in [5.74, 6) is -2.17. The van der Waals surface area contributed by atoms with Gasteiger partial charge in [0.25, 0.3) is 0 Å². The second-order valence-electron chi connectivity index (χ2n) is 6.67. The molecule has 1 aliphatic heterocycles. The van der Waals surface area contributed by atoms with Gasteiger partial charge < -0.3 is 20.6 Å². The largest absolute Gasteiger partial charge is 0.480 e. The number of carbonyl (C=O) groups is 4. The number of rotatable bonds is 8. The van der Waals surface area contributed by atoms with E-state index in [1.807, 2.05) is 24.3 Å². The van der Waals surface area contributed by atoms with Gasteiger partial charge in [-0.2, -0.15) is 0 Å². The predicted octanol–water partition coefficient (Wildman–Crippen LogP) is 1.02. The smallest absolute Gasteiger partial charge is 0.326 e. The minimum atomic E-state index is -1.12. The van der Waals surface area contributed by atoms with Gasteiger partial charge in [0.15, 0.2) is 0 Å². The topological polar surface area (TPSA) is 116 Å². The molecule has 0 fully saturated rings. The number of carboxylic acid groups (broad SMARTS) is 1. The lowest BCUT2D eigenvalue weighted by molar-refractivity contribution is -0.149. The third-order valence-electron chi connectivity index (χ3n) is 4.69. The molecule has 27 heavy (non-hydrogen) atoms. The molecule has 2 rings (SSSR count). The summed E-state index contributed by atoms with van der Waals surface area (Å²) in [6, 6.07) is 6.52. The van der Waals surface area contributed by atoms with Crippen molar-refractivity contribution in [2.24, 2.45) is 5.92 Å². The minimum absolute atomic E-state index is 0.0674. The van der Waals surface area contributed by atoms with E-state index in [0.717, 1.165) is 11.3 Å². The van der Waals surface area contributed by atoms with Crippen molar-refractivity contribution in [2.45, 2.75) is 39.2 Å². The van der Waals surface area contributed by atoms with Crippen LogP contribution in [0.15, 0.2) is 24.3 Å². The maximum atomic E-state index is 12.6. The van der Waals surface area contributed by atoms with E-state index in [0.29, 0.717) is 12.8 Å². The summed E-state index contributed by atoms with van der Waals surface area (Å²) < 4.78 is 0. The second kappa shape index (κ2) is 9.16. The summed E-state index contributed by atoms with van der Waals surface area (Å²) >= 11 is 0. The number of hydrogen-bond donors (Lipinski definition) is 3. The van der Waals surface area contributed by atoms with E-state index in [4.69, 9.17) is 0 Å². The zero-order valence-corrected chi connectivity index (χ0v) is 15.5. The van der Waals surface area contributed by atoms with E-state index in [1.165, 1.54) is 18.7 Å². The molecule has 0 spiro atoms. The van der Waals surface area contributed by atoms with Crippen LogP contribution in [0.3, 0.4) is 0 Å². The number of nitrogens with one attached hydrogen (secondary N) is 2. The second-order valence-corrected chi connectivity index (χ2v) is 6.67. The van der Waals surface area contributed by atoms with Crippen LogP contribution in [0.1, 0.15) is 32.3 Å². The highest BCUT2D eigenvalue weighted by Crippen LogP contribution is 2.27. The maximum Gasteiger partial charge on any atom is 0.326 e. The van der Waals surface area contributed by atoms with E-state index in [-0.39, 0.29) is 43.1 Å². The standard InChI is InChI=1S/C19H25N3O5/c1-12(19(26)27)22(10-9-20-13(2)23)17(24)8-7-15-11-14-5-3-4-6-16(14)21-18(15)25/h3-6,12,15H,7-11H2,1-2H3,(H,20,23)(H,21,25)(H,26,27). The Labute approximate surface area is 157 Å². The Balaban J connectivity index is 1.97. The van der Waals surface area contributed by atoms with Crippen LogP contribution in [0.4, 0.5) is 5.69 Å². The molecule has 1 heterocycles. The monoisotopic (exact) mass is 375 g/mol. The van der Waals surface area contributed by atoms with Gasteiger partial charge in [-0.05, 0) is 31.4 Å². The molecule has 146 valence electrons. The normalized spacial score (nSPS) is 16.7. The fourth-order valence-corrected chi connectivity index (χ4v) is 3.11. The van der Waals surface area contributed by atoms with Gasteiger partial charge >= 0.3 is 5.97 Å². The number of carboxylic acids is 1. The lowest BCUT2D eigenvalue weighted by atomic mass is 9.89. The van der Waals surface area contributed by atoms with Crippen LogP contribution in [0.5, 0.6) is 0 Å². The highest BCUT2D eigenvalue weighted by Gasteiger charge is 2.29. The highest BCUT2D eigenvalue weighted by atomic mass is 16.4. The van der Waals surface area contributed by atoms with E-state index in [9.17, 15) is 24.3 Å².